The predicted molar refractivity (Wildman–Crippen MR) is 92.9 cm³/mol. The summed E-state index contributed by atoms with van der Waals surface area (Å²) in [4.78, 5) is 8.77. The summed E-state index contributed by atoms with van der Waals surface area (Å²) in [7, 11) is 1.66. The molecule has 0 aliphatic carbocycles. The van der Waals surface area contributed by atoms with Crippen molar-refractivity contribution in [3.05, 3.63) is 60.4 Å². The zero-order valence-corrected chi connectivity index (χ0v) is 13.1. The minimum Gasteiger partial charge on any atom is -0.496 e. The van der Waals surface area contributed by atoms with Gasteiger partial charge in [-0.25, -0.2) is 9.97 Å². The van der Waals surface area contributed by atoms with Crippen LogP contribution in [0.15, 0.2) is 54.9 Å². The highest BCUT2D eigenvalue weighted by atomic mass is 16.5. The molecule has 116 valence electrons. The van der Waals surface area contributed by atoms with Crippen molar-refractivity contribution in [1.82, 2.24) is 9.97 Å². The minimum atomic E-state index is 0.727. The number of para-hydroxylation sites is 1. The fraction of sp³-hybridized carbons (Fsp3) is 0.111. The first kappa shape index (κ1) is 14.8. The number of methoxy groups -OCH3 is 1. The number of nitrogens with two attached hydrogens (primary N) is 1. The fourth-order valence-electron chi connectivity index (χ4n) is 2.39. The van der Waals surface area contributed by atoms with Crippen LogP contribution in [0.3, 0.4) is 0 Å². The highest BCUT2D eigenvalue weighted by Crippen LogP contribution is 2.32. The molecule has 3 N–H and O–H groups in total. The van der Waals surface area contributed by atoms with Gasteiger partial charge in [0.15, 0.2) is 0 Å². The van der Waals surface area contributed by atoms with Gasteiger partial charge in [-0.15, -0.1) is 0 Å². The van der Waals surface area contributed by atoms with Crippen LogP contribution >= 0.6 is 0 Å². The molecule has 0 atom stereocenters. The van der Waals surface area contributed by atoms with Crippen LogP contribution < -0.4 is 15.8 Å². The molecular formula is C18H18N4O. The lowest BCUT2D eigenvalue weighted by atomic mass is 10.1. The van der Waals surface area contributed by atoms with Gasteiger partial charge in [0.1, 0.15) is 17.9 Å². The van der Waals surface area contributed by atoms with E-state index in [-0.39, 0.29) is 0 Å². The van der Waals surface area contributed by atoms with Gasteiger partial charge in [0.05, 0.1) is 12.8 Å². The summed E-state index contributed by atoms with van der Waals surface area (Å²) >= 11 is 0. The summed E-state index contributed by atoms with van der Waals surface area (Å²) in [5.74, 6) is 1.54. The number of ether oxygens (including phenoxy) is 1. The first-order valence-electron chi connectivity index (χ1n) is 7.26. The van der Waals surface area contributed by atoms with Gasteiger partial charge in [-0.1, -0.05) is 12.1 Å². The highest BCUT2D eigenvalue weighted by Gasteiger charge is 2.13. The molecule has 0 amide bonds. The molecule has 1 heterocycles. The third-order valence-electron chi connectivity index (χ3n) is 3.62. The number of benzene rings is 2. The van der Waals surface area contributed by atoms with E-state index in [1.165, 1.54) is 0 Å². The second-order valence-electron chi connectivity index (χ2n) is 5.14. The number of nitrogens with zero attached hydrogens (tertiary/aromatic N) is 2. The zero-order valence-electron chi connectivity index (χ0n) is 13.1. The Morgan fingerprint density at radius 2 is 1.74 bits per heavy atom. The van der Waals surface area contributed by atoms with Crippen LogP contribution in [0.5, 0.6) is 5.75 Å². The van der Waals surface area contributed by atoms with Gasteiger partial charge < -0.3 is 15.8 Å². The summed E-state index contributed by atoms with van der Waals surface area (Å²) in [6.07, 6.45) is 1.55. The smallest absolute Gasteiger partial charge is 0.137 e. The van der Waals surface area contributed by atoms with Crippen molar-refractivity contribution in [2.24, 2.45) is 0 Å². The second-order valence-corrected chi connectivity index (χ2v) is 5.14. The molecule has 0 saturated heterocycles. The van der Waals surface area contributed by atoms with E-state index in [9.17, 15) is 0 Å². The highest BCUT2D eigenvalue weighted by molar-refractivity contribution is 5.74. The number of anilines is 3. The molecule has 0 aliphatic rings. The molecule has 0 fully saturated rings. The van der Waals surface area contributed by atoms with Crippen molar-refractivity contribution in [3.63, 3.8) is 0 Å². The average molecular weight is 306 g/mol. The maximum Gasteiger partial charge on any atom is 0.137 e. The molecule has 2 aromatic carbocycles. The summed E-state index contributed by atoms with van der Waals surface area (Å²) in [5.41, 5.74) is 10.1. The number of hydrogen-bond acceptors (Lipinski definition) is 5. The largest absolute Gasteiger partial charge is 0.496 e. The Bertz CT molecular complexity index is 816. The lowest BCUT2D eigenvalue weighted by Crippen LogP contribution is -2.01. The van der Waals surface area contributed by atoms with Crippen molar-refractivity contribution >= 4 is 17.2 Å². The first-order valence-corrected chi connectivity index (χ1v) is 7.26. The Kier molecular flexibility index (Phi) is 4.10. The lowest BCUT2D eigenvalue weighted by Gasteiger charge is -2.13. The molecule has 0 bridgehead atoms. The van der Waals surface area contributed by atoms with Gasteiger partial charge in [-0.3, -0.25) is 0 Å². The molecule has 3 rings (SSSR count). The van der Waals surface area contributed by atoms with Crippen LogP contribution in [0.4, 0.5) is 17.2 Å². The van der Waals surface area contributed by atoms with Crippen LogP contribution in [0.25, 0.3) is 11.3 Å². The molecule has 0 aliphatic heterocycles. The molecule has 0 spiro atoms. The van der Waals surface area contributed by atoms with E-state index >= 15 is 0 Å². The van der Waals surface area contributed by atoms with E-state index in [0.29, 0.717) is 0 Å². The normalized spacial score (nSPS) is 10.3. The van der Waals surface area contributed by atoms with E-state index in [2.05, 4.69) is 15.3 Å². The Hall–Kier alpha value is -3.08. The Balaban J connectivity index is 2.00. The maximum absolute atomic E-state index is 5.71. The van der Waals surface area contributed by atoms with Crippen molar-refractivity contribution in [3.8, 4) is 17.0 Å². The third kappa shape index (κ3) is 3.08. The number of hydrogen-bond donors (Lipinski definition) is 2. The molecule has 5 heteroatoms. The SMILES string of the molecule is COc1ccccc1-c1ncnc(Nc2ccc(N)cc2)c1C. The number of nitrogens with one attached hydrogen (secondary N) is 1. The molecule has 3 aromatic rings. The van der Waals surface area contributed by atoms with Crippen molar-refractivity contribution in [2.45, 2.75) is 6.92 Å². The van der Waals surface area contributed by atoms with Gasteiger partial charge in [0, 0.05) is 22.5 Å². The Morgan fingerprint density at radius 1 is 1.00 bits per heavy atom. The summed E-state index contributed by atoms with van der Waals surface area (Å²) in [5, 5.41) is 3.30. The molecule has 0 unspecified atom stereocenters. The fourth-order valence-corrected chi connectivity index (χ4v) is 2.39. The quantitative estimate of drug-likeness (QED) is 0.717. The topological polar surface area (TPSA) is 73.1 Å². The summed E-state index contributed by atoms with van der Waals surface area (Å²) < 4.78 is 5.43. The summed E-state index contributed by atoms with van der Waals surface area (Å²) in [6.45, 7) is 1.99. The predicted octanol–water partition coefficient (Wildman–Crippen LogP) is 3.79. The maximum atomic E-state index is 5.71. The zero-order chi connectivity index (χ0) is 16.2. The molecule has 5 nitrogen and oxygen atoms in total. The van der Waals surface area contributed by atoms with Crippen molar-refractivity contribution in [2.75, 3.05) is 18.2 Å². The monoisotopic (exact) mass is 306 g/mol. The lowest BCUT2D eigenvalue weighted by molar-refractivity contribution is 0.416. The van der Waals surface area contributed by atoms with Gasteiger partial charge in [-0.2, -0.15) is 0 Å². The second kappa shape index (κ2) is 6.36. The summed E-state index contributed by atoms with van der Waals surface area (Å²) in [6, 6.07) is 15.3. The third-order valence-corrected chi connectivity index (χ3v) is 3.62. The number of rotatable bonds is 4. The van der Waals surface area contributed by atoms with Gasteiger partial charge in [0.2, 0.25) is 0 Å². The van der Waals surface area contributed by atoms with Crippen LogP contribution in [0.2, 0.25) is 0 Å². The molecule has 23 heavy (non-hydrogen) atoms. The van der Waals surface area contributed by atoms with E-state index in [4.69, 9.17) is 10.5 Å². The van der Waals surface area contributed by atoms with Gasteiger partial charge in [0.25, 0.3) is 0 Å². The van der Waals surface area contributed by atoms with Gasteiger partial charge in [-0.05, 0) is 43.3 Å². The Labute approximate surface area is 135 Å². The molecule has 0 saturated carbocycles. The van der Waals surface area contributed by atoms with Crippen molar-refractivity contribution < 1.29 is 4.74 Å². The van der Waals surface area contributed by atoms with Crippen molar-refractivity contribution in [1.29, 1.82) is 0 Å². The van der Waals surface area contributed by atoms with Crippen LogP contribution in [-0.4, -0.2) is 17.1 Å². The van der Waals surface area contributed by atoms with Crippen LogP contribution in [0, 0.1) is 6.92 Å². The molecule has 0 radical (unpaired) electrons. The van der Waals surface area contributed by atoms with E-state index in [0.717, 1.165) is 39.8 Å². The minimum absolute atomic E-state index is 0.727. The first-order chi connectivity index (χ1) is 11.2. The average Bonchev–Trinajstić information content (AvgIpc) is 2.59. The van der Waals surface area contributed by atoms with Crippen LogP contribution in [-0.2, 0) is 0 Å². The van der Waals surface area contributed by atoms with E-state index < -0.39 is 0 Å². The van der Waals surface area contributed by atoms with E-state index in [1.54, 1.807) is 13.4 Å². The van der Waals surface area contributed by atoms with Crippen LogP contribution in [0.1, 0.15) is 5.56 Å². The Morgan fingerprint density at radius 3 is 2.48 bits per heavy atom. The standard InChI is InChI=1S/C18H18N4O/c1-12-17(15-5-3-4-6-16(15)23-2)20-11-21-18(12)22-14-9-7-13(19)8-10-14/h3-11H,19H2,1-2H3,(H,20,21,22). The molecular weight excluding hydrogens is 288 g/mol. The number of aromatic nitrogens is 2. The molecule has 1 aromatic heterocycles. The van der Waals surface area contributed by atoms with Gasteiger partial charge >= 0.3 is 0 Å². The number of nitrogen functional groups attached to an aromatic ring is 1. The van der Waals surface area contributed by atoms with E-state index in [1.807, 2.05) is 55.5 Å².